The molecule has 0 saturated carbocycles. The molecule has 62 valence electrons. The van der Waals surface area contributed by atoms with Gasteiger partial charge < -0.3 is 11.5 Å². The summed E-state index contributed by atoms with van der Waals surface area (Å²) in [5, 5.41) is 8.72. The van der Waals surface area contributed by atoms with Gasteiger partial charge in [0.2, 0.25) is 0 Å². The summed E-state index contributed by atoms with van der Waals surface area (Å²) in [7, 11) is 0. The zero-order valence-corrected chi connectivity index (χ0v) is 6.96. The average Bonchev–Trinajstić information content (AvgIpc) is 2.09. The Morgan fingerprint density at radius 3 is 2.42 bits per heavy atom. The SMILES string of the molecule is CCc1cc(N)c(N)cc1C#N. The van der Waals surface area contributed by atoms with Crippen LogP contribution in [0.15, 0.2) is 12.1 Å². The van der Waals surface area contributed by atoms with Crippen LogP contribution in [0.25, 0.3) is 0 Å². The zero-order chi connectivity index (χ0) is 9.14. The van der Waals surface area contributed by atoms with Gasteiger partial charge in [-0.05, 0) is 24.1 Å². The Balaban J connectivity index is 3.31. The van der Waals surface area contributed by atoms with Crippen LogP contribution in [0.1, 0.15) is 18.1 Å². The molecule has 0 unspecified atom stereocenters. The van der Waals surface area contributed by atoms with E-state index in [2.05, 4.69) is 6.07 Å². The van der Waals surface area contributed by atoms with Crippen molar-refractivity contribution in [3.8, 4) is 6.07 Å². The van der Waals surface area contributed by atoms with Gasteiger partial charge in [0.15, 0.2) is 0 Å². The van der Waals surface area contributed by atoms with Crippen molar-refractivity contribution >= 4 is 11.4 Å². The van der Waals surface area contributed by atoms with Crippen LogP contribution in [-0.2, 0) is 6.42 Å². The highest BCUT2D eigenvalue weighted by atomic mass is 14.7. The summed E-state index contributed by atoms with van der Waals surface area (Å²) < 4.78 is 0. The van der Waals surface area contributed by atoms with Crippen LogP contribution >= 0.6 is 0 Å². The second-order valence-corrected chi connectivity index (χ2v) is 2.60. The highest BCUT2D eigenvalue weighted by Gasteiger charge is 2.03. The molecule has 0 fully saturated rings. The first-order chi connectivity index (χ1) is 5.69. The molecule has 4 N–H and O–H groups in total. The van der Waals surface area contributed by atoms with Crippen molar-refractivity contribution in [1.82, 2.24) is 0 Å². The molecule has 1 aromatic rings. The number of aryl methyl sites for hydroxylation is 1. The monoisotopic (exact) mass is 161 g/mol. The Kier molecular flexibility index (Phi) is 2.20. The number of nitriles is 1. The largest absolute Gasteiger partial charge is 0.397 e. The molecule has 0 aliphatic heterocycles. The number of nitrogens with two attached hydrogens (primary N) is 2. The van der Waals surface area contributed by atoms with Crippen molar-refractivity contribution in [1.29, 1.82) is 5.26 Å². The molecule has 0 heterocycles. The van der Waals surface area contributed by atoms with Crippen LogP contribution < -0.4 is 11.5 Å². The molecule has 1 rings (SSSR count). The van der Waals surface area contributed by atoms with Crippen molar-refractivity contribution in [3.63, 3.8) is 0 Å². The number of nitrogen functional groups attached to an aromatic ring is 2. The highest BCUT2D eigenvalue weighted by Crippen LogP contribution is 2.20. The Morgan fingerprint density at radius 1 is 1.33 bits per heavy atom. The number of nitrogens with zero attached hydrogens (tertiary/aromatic N) is 1. The Hall–Kier alpha value is -1.69. The summed E-state index contributed by atoms with van der Waals surface area (Å²) in [6.45, 7) is 1.98. The predicted molar refractivity (Wildman–Crippen MR) is 49.4 cm³/mol. The van der Waals surface area contributed by atoms with E-state index in [1.165, 1.54) is 0 Å². The van der Waals surface area contributed by atoms with E-state index in [0.29, 0.717) is 16.9 Å². The van der Waals surface area contributed by atoms with Crippen LogP contribution in [0.2, 0.25) is 0 Å². The minimum Gasteiger partial charge on any atom is -0.397 e. The Labute approximate surface area is 71.6 Å². The van der Waals surface area contributed by atoms with Gasteiger partial charge in [-0.15, -0.1) is 0 Å². The lowest BCUT2D eigenvalue weighted by Gasteiger charge is -2.04. The van der Waals surface area contributed by atoms with Crippen LogP contribution in [0, 0.1) is 11.3 Å². The molecule has 0 aromatic heterocycles. The number of hydrogen-bond donors (Lipinski definition) is 2. The van der Waals surface area contributed by atoms with Crippen LogP contribution in [0.4, 0.5) is 11.4 Å². The van der Waals surface area contributed by atoms with Gasteiger partial charge in [0.05, 0.1) is 23.0 Å². The topological polar surface area (TPSA) is 75.8 Å². The molecule has 0 amide bonds. The van der Waals surface area contributed by atoms with Gasteiger partial charge in [0.25, 0.3) is 0 Å². The lowest BCUT2D eigenvalue weighted by Crippen LogP contribution is -1.98. The average molecular weight is 161 g/mol. The van der Waals surface area contributed by atoms with E-state index in [0.717, 1.165) is 12.0 Å². The molecular formula is C9H11N3. The lowest BCUT2D eigenvalue weighted by molar-refractivity contribution is 1.13. The van der Waals surface area contributed by atoms with Crippen molar-refractivity contribution in [2.75, 3.05) is 11.5 Å². The minimum absolute atomic E-state index is 0.476. The Bertz CT molecular complexity index is 336. The fourth-order valence-electron chi connectivity index (χ4n) is 1.08. The van der Waals surface area contributed by atoms with E-state index in [1.807, 2.05) is 6.92 Å². The summed E-state index contributed by atoms with van der Waals surface area (Å²) in [6, 6.07) is 5.46. The number of benzene rings is 1. The van der Waals surface area contributed by atoms with Crippen molar-refractivity contribution in [2.45, 2.75) is 13.3 Å². The summed E-state index contributed by atoms with van der Waals surface area (Å²) >= 11 is 0. The van der Waals surface area contributed by atoms with Crippen LogP contribution in [-0.4, -0.2) is 0 Å². The van der Waals surface area contributed by atoms with Gasteiger partial charge in [-0.2, -0.15) is 5.26 Å². The number of rotatable bonds is 1. The highest BCUT2D eigenvalue weighted by molar-refractivity contribution is 5.67. The lowest BCUT2D eigenvalue weighted by atomic mass is 10.0. The van der Waals surface area contributed by atoms with Crippen LogP contribution in [0.5, 0.6) is 0 Å². The van der Waals surface area contributed by atoms with Gasteiger partial charge >= 0.3 is 0 Å². The van der Waals surface area contributed by atoms with Crippen LogP contribution in [0.3, 0.4) is 0 Å². The van der Waals surface area contributed by atoms with Crippen molar-refractivity contribution in [3.05, 3.63) is 23.3 Å². The molecule has 0 atom stereocenters. The quantitative estimate of drug-likeness (QED) is 0.609. The van der Waals surface area contributed by atoms with E-state index in [-0.39, 0.29) is 0 Å². The summed E-state index contributed by atoms with van der Waals surface area (Å²) in [5.41, 5.74) is 13.7. The summed E-state index contributed by atoms with van der Waals surface area (Å²) in [4.78, 5) is 0. The standard InChI is InChI=1S/C9H11N3/c1-2-6-3-8(11)9(12)4-7(6)5-10/h3-4H,2,11-12H2,1H3. The fraction of sp³-hybridized carbons (Fsp3) is 0.222. The molecule has 12 heavy (non-hydrogen) atoms. The van der Waals surface area contributed by atoms with E-state index in [1.54, 1.807) is 12.1 Å². The molecule has 0 aliphatic carbocycles. The molecule has 3 heteroatoms. The molecule has 1 aromatic carbocycles. The van der Waals surface area contributed by atoms with Crippen molar-refractivity contribution < 1.29 is 0 Å². The van der Waals surface area contributed by atoms with Gasteiger partial charge in [-0.3, -0.25) is 0 Å². The minimum atomic E-state index is 0.476. The Morgan fingerprint density at radius 2 is 1.92 bits per heavy atom. The molecule has 0 saturated heterocycles. The maximum Gasteiger partial charge on any atom is 0.0995 e. The fourth-order valence-corrected chi connectivity index (χ4v) is 1.08. The second kappa shape index (κ2) is 3.14. The summed E-state index contributed by atoms with van der Waals surface area (Å²) in [6.07, 6.45) is 0.799. The second-order valence-electron chi connectivity index (χ2n) is 2.60. The van der Waals surface area contributed by atoms with E-state index >= 15 is 0 Å². The predicted octanol–water partition coefficient (Wildman–Crippen LogP) is 1.29. The number of anilines is 2. The first-order valence-corrected chi connectivity index (χ1v) is 3.77. The molecule has 3 nitrogen and oxygen atoms in total. The summed E-state index contributed by atoms with van der Waals surface area (Å²) in [5.74, 6) is 0. The van der Waals surface area contributed by atoms with Gasteiger partial charge in [-0.25, -0.2) is 0 Å². The van der Waals surface area contributed by atoms with E-state index in [9.17, 15) is 0 Å². The van der Waals surface area contributed by atoms with E-state index < -0.39 is 0 Å². The first kappa shape index (κ1) is 8.41. The first-order valence-electron chi connectivity index (χ1n) is 3.77. The van der Waals surface area contributed by atoms with E-state index in [4.69, 9.17) is 16.7 Å². The third-order valence-electron chi connectivity index (χ3n) is 1.81. The van der Waals surface area contributed by atoms with Gasteiger partial charge in [0.1, 0.15) is 0 Å². The smallest absolute Gasteiger partial charge is 0.0995 e. The molecule has 0 bridgehead atoms. The molecular weight excluding hydrogens is 150 g/mol. The third kappa shape index (κ3) is 1.32. The maximum atomic E-state index is 8.72. The normalized spacial score (nSPS) is 9.33. The molecule has 0 radical (unpaired) electrons. The third-order valence-corrected chi connectivity index (χ3v) is 1.81. The van der Waals surface area contributed by atoms with Gasteiger partial charge in [-0.1, -0.05) is 6.92 Å². The molecule has 0 spiro atoms. The zero-order valence-electron chi connectivity index (χ0n) is 6.96. The molecule has 0 aliphatic rings. The van der Waals surface area contributed by atoms with Gasteiger partial charge in [0, 0.05) is 0 Å². The maximum absolute atomic E-state index is 8.72. The van der Waals surface area contributed by atoms with Crippen molar-refractivity contribution in [2.24, 2.45) is 0 Å². The number of hydrogen-bond acceptors (Lipinski definition) is 3.